The Morgan fingerprint density at radius 2 is 1.23 bits per heavy atom. The van der Waals surface area contributed by atoms with E-state index in [9.17, 15) is 29.1 Å². The van der Waals surface area contributed by atoms with Crippen molar-refractivity contribution in [3.05, 3.63) is 57.6 Å². The number of hydrogen-bond acceptors (Lipinski definition) is 8. The van der Waals surface area contributed by atoms with Crippen molar-refractivity contribution in [3.8, 4) is 0 Å². The number of ether oxygens (including phenoxy) is 2. The lowest BCUT2D eigenvalue weighted by Crippen LogP contribution is -2.14. The number of benzene rings is 2. The maximum Gasteiger partial charge on any atom is 0.339 e. The summed E-state index contributed by atoms with van der Waals surface area (Å²) in [5, 5.41) is 15.3. The largest absolute Gasteiger partial charge is 0.465 e. The molecular formula is C30H40N2O8. The summed E-state index contributed by atoms with van der Waals surface area (Å²) in [5.41, 5.74) is 3.90. The molecule has 218 valence electrons. The van der Waals surface area contributed by atoms with E-state index in [2.05, 4.69) is 10.6 Å². The van der Waals surface area contributed by atoms with Crippen molar-refractivity contribution in [1.82, 2.24) is 0 Å². The number of aliphatic hydroxyl groups excluding tert-OH is 1. The molecule has 0 saturated carbocycles. The SMILES string of the molecule is CCCC(=O)c1cc(C(=O)OC)c(NC(C)=O)cc1C.CCCC(O)c1cc(C(=O)OC)c(NC(C)=O)cc1C. The molecule has 0 aliphatic rings. The van der Waals surface area contributed by atoms with Gasteiger partial charge in [-0.15, -0.1) is 0 Å². The van der Waals surface area contributed by atoms with Crippen LogP contribution in [-0.4, -0.2) is 48.9 Å². The first kappa shape index (κ1) is 34.0. The van der Waals surface area contributed by atoms with Gasteiger partial charge in [0, 0.05) is 25.8 Å². The Morgan fingerprint density at radius 1 is 0.750 bits per heavy atom. The van der Waals surface area contributed by atoms with Gasteiger partial charge < -0.3 is 25.2 Å². The molecule has 2 rings (SSSR count). The number of rotatable bonds is 10. The fraction of sp³-hybridized carbons (Fsp3) is 0.433. The Kier molecular flexibility index (Phi) is 13.7. The Hall–Kier alpha value is -4.05. The summed E-state index contributed by atoms with van der Waals surface area (Å²) in [5.74, 6) is -1.71. The summed E-state index contributed by atoms with van der Waals surface area (Å²) in [4.78, 5) is 58.0. The molecule has 0 aromatic heterocycles. The lowest BCUT2D eigenvalue weighted by atomic mass is 9.96. The Morgan fingerprint density at radius 3 is 1.65 bits per heavy atom. The number of amides is 2. The van der Waals surface area contributed by atoms with Gasteiger partial charge in [0.15, 0.2) is 5.78 Å². The van der Waals surface area contributed by atoms with E-state index in [1.165, 1.54) is 34.1 Å². The number of hydrogen-bond donors (Lipinski definition) is 3. The maximum atomic E-state index is 12.0. The molecule has 0 heterocycles. The van der Waals surface area contributed by atoms with Crippen LogP contribution >= 0.6 is 0 Å². The van der Waals surface area contributed by atoms with Gasteiger partial charge in [0.1, 0.15) is 0 Å². The average molecular weight is 557 g/mol. The second-order valence-electron chi connectivity index (χ2n) is 9.29. The van der Waals surface area contributed by atoms with Gasteiger partial charge in [0.25, 0.3) is 0 Å². The van der Waals surface area contributed by atoms with Crippen molar-refractivity contribution in [2.24, 2.45) is 0 Å². The maximum absolute atomic E-state index is 12.0. The number of anilines is 2. The van der Waals surface area contributed by atoms with Crippen LogP contribution in [0.4, 0.5) is 11.4 Å². The molecule has 3 N–H and O–H groups in total. The number of nitrogens with one attached hydrogen (secondary N) is 2. The lowest BCUT2D eigenvalue weighted by Gasteiger charge is -2.17. The van der Waals surface area contributed by atoms with Gasteiger partial charge in [0.05, 0.1) is 42.8 Å². The van der Waals surface area contributed by atoms with Crippen LogP contribution in [0.25, 0.3) is 0 Å². The van der Waals surface area contributed by atoms with Gasteiger partial charge in [-0.2, -0.15) is 0 Å². The van der Waals surface area contributed by atoms with Gasteiger partial charge in [-0.1, -0.05) is 20.3 Å². The van der Waals surface area contributed by atoms with Crippen molar-refractivity contribution in [2.75, 3.05) is 24.9 Å². The van der Waals surface area contributed by atoms with Gasteiger partial charge in [-0.3, -0.25) is 14.4 Å². The predicted octanol–water partition coefficient (Wildman–Crippen LogP) is 5.30. The summed E-state index contributed by atoms with van der Waals surface area (Å²) in [6.07, 6.45) is 1.97. The first-order chi connectivity index (χ1) is 18.8. The van der Waals surface area contributed by atoms with Crippen molar-refractivity contribution in [2.45, 2.75) is 73.3 Å². The smallest absolute Gasteiger partial charge is 0.339 e. The molecule has 0 spiro atoms. The Labute approximate surface area is 235 Å². The molecule has 10 nitrogen and oxygen atoms in total. The van der Waals surface area contributed by atoms with Gasteiger partial charge >= 0.3 is 11.9 Å². The molecular weight excluding hydrogens is 516 g/mol. The van der Waals surface area contributed by atoms with Crippen LogP contribution in [0.3, 0.4) is 0 Å². The van der Waals surface area contributed by atoms with E-state index in [-0.39, 0.29) is 28.7 Å². The molecule has 0 fully saturated rings. The van der Waals surface area contributed by atoms with E-state index in [1.54, 1.807) is 25.1 Å². The van der Waals surface area contributed by atoms with E-state index < -0.39 is 18.0 Å². The molecule has 0 aliphatic carbocycles. The molecule has 10 heteroatoms. The van der Waals surface area contributed by atoms with Crippen LogP contribution < -0.4 is 10.6 Å². The topological polar surface area (TPSA) is 148 Å². The summed E-state index contributed by atoms with van der Waals surface area (Å²) in [6, 6.07) is 6.38. The lowest BCUT2D eigenvalue weighted by molar-refractivity contribution is -0.115. The summed E-state index contributed by atoms with van der Waals surface area (Å²) in [7, 11) is 2.54. The van der Waals surface area contributed by atoms with Crippen LogP contribution in [0.15, 0.2) is 24.3 Å². The minimum Gasteiger partial charge on any atom is -0.465 e. The minimum absolute atomic E-state index is 0.0236. The van der Waals surface area contributed by atoms with E-state index in [0.29, 0.717) is 35.3 Å². The zero-order valence-electron chi connectivity index (χ0n) is 24.5. The average Bonchev–Trinajstić information content (AvgIpc) is 2.88. The number of carbonyl (C=O) groups is 5. The number of esters is 2. The molecule has 1 atom stereocenters. The van der Waals surface area contributed by atoms with Crippen LogP contribution in [-0.2, 0) is 19.1 Å². The standard InChI is InChI=1S/C15H21NO4.C15H19NO4/c2*1-5-6-14(18)11-8-12(15(19)20-4)13(7-9(11)2)16-10(3)17/h7-8,14,18H,5-6H2,1-4H3,(H,16,17);7-8H,5-6H2,1-4H3,(H,16,17). The highest BCUT2D eigenvalue weighted by Gasteiger charge is 2.20. The molecule has 1 unspecified atom stereocenters. The number of Topliss-reactive ketones (excluding diaryl/α,β-unsaturated/α-hetero) is 1. The third-order valence-corrected chi connectivity index (χ3v) is 5.90. The number of aryl methyl sites for hydroxylation is 2. The fourth-order valence-corrected chi connectivity index (χ4v) is 4.03. The fourth-order valence-electron chi connectivity index (χ4n) is 4.03. The second-order valence-corrected chi connectivity index (χ2v) is 9.29. The monoisotopic (exact) mass is 556 g/mol. The zero-order valence-corrected chi connectivity index (χ0v) is 24.5. The van der Waals surface area contributed by atoms with Crippen LogP contribution in [0.5, 0.6) is 0 Å². The first-order valence-electron chi connectivity index (χ1n) is 13.0. The third kappa shape index (κ3) is 9.60. The highest BCUT2D eigenvalue weighted by atomic mass is 16.5. The van der Waals surface area contributed by atoms with Gasteiger partial charge in [-0.25, -0.2) is 9.59 Å². The van der Waals surface area contributed by atoms with Gasteiger partial charge in [-0.05, 0) is 67.6 Å². The van der Waals surface area contributed by atoms with Crippen LogP contribution in [0.1, 0.15) is 107 Å². The number of ketones is 1. The molecule has 0 radical (unpaired) electrons. The zero-order chi connectivity index (χ0) is 30.6. The molecule has 2 amide bonds. The first-order valence-corrected chi connectivity index (χ1v) is 13.0. The Balaban J connectivity index is 0.000000400. The predicted molar refractivity (Wildman–Crippen MR) is 153 cm³/mol. The van der Waals surface area contributed by atoms with E-state index in [0.717, 1.165) is 24.0 Å². The Bertz CT molecular complexity index is 1250. The number of carbonyl (C=O) groups excluding carboxylic acids is 5. The molecule has 2 aromatic carbocycles. The molecule has 0 aliphatic heterocycles. The van der Waals surface area contributed by atoms with E-state index >= 15 is 0 Å². The summed E-state index contributed by atoms with van der Waals surface area (Å²) in [6.45, 7) is 10.2. The normalized spacial score (nSPS) is 10.9. The van der Waals surface area contributed by atoms with Crippen molar-refractivity contribution in [3.63, 3.8) is 0 Å². The number of methoxy groups -OCH3 is 2. The molecule has 0 bridgehead atoms. The van der Waals surface area contributed by atoms with E-state index in [4.69, 9.17) is 9.47 Å². The molecule has 40 heavy (non-hydrogen) atoms. The highest BCUT2D eigenvalue weighted by molar-refractivity contribution is 6.05. The van der Waals surface area contributed by atoms with Crippen molar-refractivity contribution in [1.29, 1.82) is 0 Å². The second kappa shape index (κ2) is 16.1. The molecule has 0 saturated heterocycles. The highest BCUT2D eigenvalue weighted by Crippen LogP contribution is 2.29. The van der Waals surface area contributed by atoms with Gasteiger partial charge in [0.2, 0.25) is 11.8 Å². The third-order valence-electron chi connectivity index (χ3n) is 5.90. The van der Waals surface area contributed by atoms with Crippen molar-refractivity contribution < 1.29 is 38.6 Å². The van der Waals surface area contributed by atoms with Crippen LogP contribution in [0, 0.1) is 13.8 Å². The quantitative estimate of drug-likeness (QED) is 0.264. The molecule has 2 aromatic rings. The van der Waals surface area contributed by atoms with Crippen molar-refractivity contribution >= 4 is 40.9 Å². The summed E-state index contributed by atoms with van der Waals surface area (Å²) < 4.78 is 9.41. The minimum atomic E-state index is -0.630. The van der Waals surface area contributed by atoms with Crippen LogP contribution in [0.2, 0.25) is 0 Å². The number of aliphatic hydroxyl groups is 1. The summed E-state index contributed by atoms with van der Waals surface area (Å²) >= 11 is 0. The van der Waals surface area contributed by atoms with E-state index in [1.807, 2.05) is 20.8 Å².